The summed E-state index contributed by atoms with van der Waals surface area (Å²) in [6.07, 6.45) is 0.678. The quantitative estimate of drug-likeness (QED) is 0.219. The fourth-order valence-corrected chi connectivity index (χ4v) is 4.95. The van der Waals surface area contributed by atoms with E-state index in [0.29, 0.717) is 35.5 Å². The van der Waals surface area contributed by atoms with Crippen molar-refractivity contribution in [3.8, 4) is 5.75 Å². The van der Waals surface area contributed by atoms with Gasteiger partial charge >= 0.3 is 5.97 Å². The van der Waals surface area contributed by atoms with Crippen LogP contribution in [0, 0.1) is 13.8 Å². The van der Waals surface area contributed by atoms with Crippen LogP contribution in [0.1, 0.15) is 59.2 Å². The van der Waals surface area contributed by atoms with Gasteiger partial charge in [-0.2, -0.15) is 0 Å². The molecular weight excluding hydrogens is 462 g/mol. The number of nitrogens with zero attached hydrogens (tertiary/aromatic N) is 1. The second kappa shape index (κ2) is 11.4. The third kappa shape index (κ3) is 4.88. The number of para-hydroxylation sites is 1. The first-order valence-electron chi connectivity index (χ1n) is 12.2. The van der Waals surface area contributed by atoms with Crippen molar-refractivity contribution in [3.05, 3.63) is 57.9 Å². The largest absolute Gasteiger partial charge is 0.872 e. The van der Waals surface area contributed by atoms with Gasteiger partial charge in [-0.05, 0) is 44.9 Å². The minimum atomic E-state index is -0.893. The zero-order chi connectivity index (χ0) is 26.6. The van der Waals surface area contributed by atoms with E-state index in [1.54, 1.807) is 38.1 Å². The molecule has 1 amide bonds. The Balaban J connectivity index is 2.16. The third-order valence-corrected chi connectivity index (χ3v) is 6.95. The fourth-order valence-electron chi connectivity index (χ4n) is 4.95. The molecule has 9 nitrogen and oxygen atoms in total. The van der Waals surface area contributed by atoms with Crippen LogP contribution < -0.4 is 14.7 Å². The van der Waals surface area contributed by atoms with Crippen molar-refractivity contribution in [2.45, 2.75) is 40.2 Å². The van der Waals surface area contributed by atoms with Gasteiger partial charge in [-0.15, -0.1) is 0 Å². The van der Waals surface area contributed by atoms with Crippen LogP contribution in [0.2, 0.25) is 0 Å². The van der Waals surface area contributed by atoms with Crippen LogP contribution in [-0.2, 0) is 14.3 Å². The molecule has 1 aliphatic rings. The zero-order valence-electron chi connectivity index (χ0n) is 21.8. The number of aryl methyl sites for hydroxylation is 1. The van der Waals surface area contributed by atoms with Gasteiger partial charge in [0.25, 0.3) is 5.91 Å². The third-order valence-electron chi connectivity index (χ3n) is 6.95. The van der Waals surface area contributed by atoms with Gasteiger partial charge in [0.05, 0.1) is 39.9 Å². The Labute approximate surface area is 211 Å². The molecule has 1 aliphatic heterocycles. The molecule has 3 rings (SSSR count). The summed E-state index contributed by atoms with van der Waals surface area (Å²) in [6, 6.07) is 6.19. The highest BCUT2D eigenvalue weighted by Gasteiger charge is 2.45. The van der Waals surface area contributed by atoms with Gasteiger partial charge in [-0.3, -0.25) is 9.59 Å². The number of ketones is 1. The molecule has 1 aromatic carbocycles. The predicted molar refractivity (Wildman–Crippen MR) is 133 cm³/mol. The van der Waals surface area contributed by atoms with E-state index in [1.165, 1.54) is 24.0 Å². The van der Waals surface area contributed by atoms with Gasteiger partial charge in [0.1, 0.15) is 11.4 Å². The summed E-state index contributed by atoms with van der Waals surface area (Å²) in [6.45, 7) is 10.6. The molecule has 0 aliphatic carbocycles. The minimum absolute atomic E-state index is 0.138. The maximum atomic E-state index is 13.9. The summed E-state index contributed by atoms with van der Waals surface area (Å²) in [5.41, 5.74) is 1.56. The van der Waals surface area contributed by atoms with E-state index < -0.39 is 29.5 Å². The molecule has 0 radical (unpaired) electrons. The van der Waals surface area contributed by atoms with Crippen molar-refractivity contribution in [1.82, 2.24) is 9.88 Å². The Hall–Kier alpha value is -3.59. The number of quaternary nitrogens is 1. The highest BCUT2D eigenvalue weighted by atomic mass is 16.5. The molecule has 36 heavy (non-hydrogen) atoms. The second-order valence-corrected chi connectivity index (χ2v) is 8.89. The Morgan fingerprint density at radius 1 is 1.14 bits per heavy atom. The summed E-state index contributed by atoms with van der Waals surface area (Å²) in [5, 5.41) is 13.9. The van der Waals surface area contributed by atoms with Crippen LogP contribution in [0.15, 0.2) is 29.8 Å². The molecule has 194 valence electrons. The highest BCUT2D eigenvalue weighted by molar-refractivity contribution is 6.46. The van der Waals surface area contributed by atoms with Crippen LogP contribution in [0.25, 0.3) is 5.76 Å². The number of likely N-dealkylation sites (tertiary alicyclic amines) is 1. The van der Waals surface area contributed by atoms with Crippen molar-refractivity contribution in [1.29, 1.82) is 0 Å². The van der Waals surface area contributed by atoms with Crippen molar-refractivity contribution in [2.24, 2.45) is 0 Å². The molecule has 1 saturated heterocycles. The molecular formula is C27H35N3O6. The van der Waals surface area contributed by atoms with Gasteiger partial charge in [0, 0.05) is 29.8 Å². The molecule has 1 fully saturated rings. The average molecular weight is 498 g/mol. The fraction of sp³-hybridized carbons (Fsp3) is 0.444. The van der Waals surface area contributed by atoms with Crippen LogP contribution in [0.5, 0.6) is 5.75 Å². The lowest BCUT2D eigenvalue weighted by Gasteiger charge is -2.29. The Kier molecular flexibility index (Phi) is 8.57. The summed E-state index contributed by atoms with van der Waals surface area (Å²) in [5.74, 6) is -2.25. The van der Waals surface area contributed by atoms with Crippen molar-refractivity contribution in [3.63, 3.8) is 0 Å². The molecule has 0 bridgehead atoms. The van der Waals surface area contributed by atoms with Crippen LogP contribution >= 0.6 is 0 Å². The minimum Gasteiger partial charge on any atom is -0.872 e. The molecule has 0 spiro atoms. The van der Waals surface area contributed by atoms with Crippen molar-refractivity contribution >= 4 is 23.4 Å². The Morgan fingerprint density at radius 3 is 2.42 bits per heavy atom. The molecule has 2 heterocycles. The Morgan fingerprint density at radius 2 is 1.81 bits per heavy atom. The number of carbonyl (C=O) groups excluding carboxylic acids is 3. The molecule has 2 aromatic rings. The number of carbonyl (C=O) groups is 3. The van der Waals surface area contributed by atoms with Gasteiger partial charge in [-0.25, -0.2) is 4.79 Å². The highest BCUT2D eigenvalue weighted by Crippen LogP contribution is 2.43. The number of methoxy groups -OCH3 is 2. The zero-order valence-corrected chi connectivity index (χ0v) is 21.8. The van der Waals surface area contributed by atoms with E-state index >= 15 is 0 Å². The number of ether oxygens (including phenoxy) is 2. The first kappa shape index (κ1) is 27.0. The van der Waals surface area contributed by atoms with Gasteiger partial charge in [0.15, 0.2) is 0 Å². The van der Waals surface area contributed by atoms with E-state index in [1.807, 2.05) is 0 Å². The predicted octanol–water partition coefficient (Wildman–Crippen LogP) is 0.966. The summed E-state index contributed by atoms with van der Waals surface area (Å²) >= 11 is 0. The number of benzene rings is 1. The molecule has 1 atom stereocenters. The maximum Gasteiger partial charge on any atom is 0.354 e. The smallest absolute Gasteiger partial charge is 0.354 e. The molecule has 1 unspecified atom stereocenters. The van der Waals surface area contributed by atoms with Crippen LogP contribution in [0.3, 0.4) is 0 Å². The summed E-state index contributed by atoms with van der Waals surface area (Å²) in [4.78, 5) is 44.5. The Bertz CT molecular complexity index is 1180. The molecule has 1 aromatic heterocycles. The summed E-state index contributed by atoms with van der Waals surface area (Å²) < 4.78 is 10.4. The van der Waals surface area contributed by atoms with Gasteiger partial charge in [0.2, 0.25) is 5.78 Å². The molecule has 0 saturated carbocycles. The number of nitrogens with one attached hydrogen (secondary N) is 2. The van der Waals surface area contributed by atoms with Crippen LogP contribution in [0.4, 0.5) is 0 Å². The number of rotatable bonds is 10. The lowest BCUT2D eigenvalue weighted by molar-refractivity contribution is -0.896. The lowest BCUT2D eigenvalue weighted by atomic mass is 9.93. The average Bonchev–Trinajstić information content (AvgIpc) is 3.32. The monoisotopic (exact) mass is 497 g/mol. The molecule has 2 N–H and O–H groups in total. The normalized spacial score (nSPS) is 17.2. The van der Waals surface area contributed by atoms with Crippen LogP contribution in [-0.4, -0.2) is 67.9 Å². The SMILES string of the molecule is CC[NH+](CC)CCCN1C(=O)C(=O)C(=C([O-])c2c(C)[nH]c(C(=O)OC)c2C)C1c1ccccc1OC. The first-order chi connectivity index (χ1) is 17.2. The standard InChI is InChI=1S/C27H35N3O6/c1-7-29(8-2)14-11-15-30-23(18-12-9-10-13-19(18)35-5)21(25(32)26(30)33)24(31)20-16(3)22(27(34)36-6)28-17(20)4/h9-10,12-13,23,28,31H,7-8,11,14-15H2,1-6H3. The lowest BCUT2D eigenvalue weighted by Crippen LogP contribution is -3.11. The number of aromatic nitrogens is 1. The molecule has 9 heteroatoms. The summed E-state index contributed by atoms with van der Waals surface area (Å²) in [7, 11) is 2.76. The number of hydrogen-bond acceptors (Lipinski definition) is 6. The van der Waals surface area contributed by atoms with E-state index in [-0.39, 0.29) is 16.8 Å². The van der Waals surface area contributed by atoms with E-state index in [0.717, 1.165) is 19.6 Å². The van der Waals surface area contributed by atoms with E-state index in [9.17, 15) is 19.5 Å². The van der Waals surface area contributed by atoms with E-state index in [4.69, 9.17) is 9.47 Å². The number of esters is 1. The van der Waals surface area contributed by atoms with Crippen molar-refractivity contribution < 1.29 is 33.9 Å². The second-order valence-electron chi connectivity index (χ2n) is 8.89. The number of H-pyrrole nitrogens is 1. The number of aromatic amines is 1. The van der Waals surface area contributed by atoms with Crippen molar-refractivity contribution in [2.75, 3.05) is 40.4 Å². The van der Waals surface area contributed by atoms with E-state index in [2.05, 4.69) is 18.8 Å². The number of hydrogen-bond donors (Lipinski definition) is 2. The topological polar surface area (TPSA) is 116 Å². The maximum absolute atomic E-state index is 13.9. The van der Waals surface area contributed by atoms with Gasteiger partial charge < -0.3 is 29.4 Å². The first-order valence-corrected chi connectivity index (χ1v) is 12.2. The van der Waals surface area contributed by atoms with Gasteiger partial charge in [-0.1, -0.05) is 24.0 Å². The number of amides is 1. The number of Topliss-reactive ketones (excluding diaryl/α,β-unsaturated/α-hetero) is 1.